The van der Waals surface area contributed by atoms with Crippen LogP contribution >= 0.6 is 0 Å². The van der Waals surface area contributed by atoms with Crippen LogP contribution in [-0.4, -0.2) is 112 Å². The van der Waals surface area contributed by atoms with Crippen LogP contribution in [0, 0.1) is 0 Å². The number of hydrogen-bond acceptors (Lipinski definition) is 8. The van der Waals surface area contributed by atoms with Gasteiger partial charge < -0.3 is 0 Å². The molecule has 0 aromatic carbocycles. The van der Waals surface area contributed by atoms with E-state index in [9.17, 15) is 26.4 Å². The molecule has 0 aromatic rings. The molecular formula is C11H16Na2O10S2. The first-order chi connectivity index (χ1) is 11.2. The Hall–Kier alpha value is 0.500. The summed E-state index contributed by atoms with van der Waals surface area (Å²) in [5.41, 5.74) is -0.209. The monoisotopic (exact) mass is 418 g/mol. The molecule has 0 aromatic heterocycles. The van der Waals surface area contributed by atoms with Crippen molar-refractivity contribution in [3.05, 3.63) is 12.2 Å². The van der Waals surface area contributed by atoms with Crippen LogP contribution in [-0.2, 0) is 39.3 Å². The molecule has 0 saturated carbocycles. The van der Waals surface area contributed by atoms with Gasteiger partial charge in [-0.05, 0) is 0 Å². The second-order valence-electron chi connectivity index (χ2n) is 5.37. The quantitative estimate of drug-likeness (QED) is 0.176. The van der Waals surface area contributed by atoms with Gasteiger partial charge in [0.15, 0.2) is 0 Å². The average Bonchev–Trinajstić information content (AvgIpc) is 2.44. The third kappa shape index (κ3) is 11.7. The molecule has 2 atom stereocenters. The van der Waals surface area contributed by atoms with Gasteiger partial charge in [0.05, 0.1) is 0 Å². The van der Waals surface area contributed by atoms with E-state index in [0.717, 1.165) is 0 Å². The van der Waals surface area contributed by atoms with Gasteiger partial charge in [-0.1, -0.05) is 0 Å². The Morgan fingerprint density at radius 1 is 0.920 bits per heavy atom. The Labute approximate surface area is 181 Å². The van der Waals surface area contributed by atoms with E-state index >= 15 is 0 Å². The Morgan fingerprint density at radius 2 is 1.32 bits per heavy atom. The molecule has 0 aliphatic rings. The number of ether oxygens (including phenoxy) is 2. The summed E-state index contributed by atoms with van der Waals surface area (Å²) in [6, 6.07) is 0. The van der Waals surface area contributed by atoms with Crippen molar-refractivity contribution in [1.29, 1.82) is 0 Å². The van der Waals surface area contributed by atoms with Crippen molar-refractivity contribution < 1.29 is 45.0 Å². The molecule has 0 saturated heterocycles. The minimum atomic E-state index is -4.15. The Morgan fingerprint density at radius 3 is 1.72 bits per heavy atom. The molecule has 0 rings (SSSR count). The van der Waals surface area contributed by atoms with Crippen LogP contribution in [0.5, 0.6) is 0 Å². The van der Waals surface area contributed by atoms with E-state index < -0.39 is 43.6 Å². The van der Waals surface area contributed by atoms with Crippen molar-refractivity contribution in [3.63, 3.8) is 0 Å². The van der Waals surface area contributed by atoms with E-state index in [4.69, 9.17) is 18.6 Å². The van der Waals surface area contributed by atoms with E-state index in [1.54, 1.807) is 0 Å². The summed E-state index contributed by atoms with van der Waals surface area (Å²) in [5.74, 6) is -1.72. The normalized spacial score (nSPS) is 14.5. The van der Waals surface area contributed by atoms with Gasteiger partial charge in [0, 0.05) is 0 Å². The molecule has 0 spiro atoms. The molecule has 10 nitrogen and oxygen atoms in total. The van der Waals surface area contributed by atoms with E-state index in [0.29, 0.717) is 0 Å². The number of carbonyl (C=O) groups is 2. The van der Waals surface area contributed by atoms with Crippen LogP contribution < -0.4 is 0 Å². The van der Waals surface area contributed by atoms with Crippen molar-refractivity contribution in [2.75, 3.05) is 13.2 Å². The van der Waals surface area contributed by atoms with Gasteiger partial charge in [0.1, 0.15) is 0 Å². The van der Waals surface area contributed by atoms with Gasteiger partial charge in [-0.3, -0.25) is 0 Å². The van der Waals surface area contributed by atoms with Crippen LogP contribution in [0.1, 0.15) is 19.3 Å². The summed E-state index contributed by atoms with van der Waals surface area (Å²) >= 11 is 0.335. The molecule has 2 N–H and O–H groups in total. The fourth-order valence-electron chi connectivity index (χ4n) is 1.35. The first-order valence-corrected chi connectivity index (χ1v) is 12.5. The third-order valence-electron chi connectivity index (χ3n) is 3.21. The second-order valence-corrected chi connectivity index (χ2v) is 13.5. The van der Waals surface area contributed by atoms with Crippen LogP contribution in [0.25, 0.3) is 0 Å². The molecule has 14 heteroatoms. The van der Waals surface area contributed by atoms with Crippen LogP contribution in [0.15, 0.2) is 12.2 Å². The fourth-order valence-corrected chi connectivity index (χ4v) is 2.61. The molecular weight excluding hydrogens is 402 g/mol. The Bertz CT molecular complexity index is 700. The summed E-state index contributed by atoms with van der Waals surface area (Å²) < 4.78 is 68.4. The Kier molecular flexibility index (Phi) is 11.6. The van der Waals surface area contributed by atoms with Gasteiger partial charge in [-0.15, -0.1) is 0 Å². The van der Waals surface area contributed by atoms with Gasteiger partial charge in [-0.25, -0.2) is 0 Å². The zero-order chi connectivity index (χ0) is 19.8. The zero-order valence-electron chi connectivity index (χ0n) is 13.9. The number of esters is 2. The number of carbonyl (C=O) groups excluding carboxylic acids is 2. The molecule has 134 valence electrons. The second kappa shape index (κ2) is 11.4. The summed E-state index contributed by atoms with van der Waals surface area (Å²) in [6.45, 7) is 2.88. The maximum atomic E-state index is 11.6. The van der Waals surface area contributed by atoms with Crippen LogP contribution in [0.4, 0.5) is 0 Å². The molecule has 0 aliphatic carbocycles. The Balaban J connectivity index is 4.15. The van der Waals surface area contributed by atoms with Crippen molar-refractivity contribution in [2.24, 2.45) is 0 Å². The van der Waals surface area contributed by atoms with E-state index in [2.05, 4.69) is 6.58 Å². The molecule has 0 fully saturated rings. The molecule has 0 radical (unpaired) electrons. The molecule has 0 bridgehead atoms. The molecule has 2 unspecified atom stereocenters. The first-order valence-electron chi connectivity index (χ1n) is 7.18. The van der Waals surface area contributed by atoms with Gasteiger partial charge >= 0.3 is 183 Å². The molecule has 25 heavy (non-hydrogen) atoms. The van der Waals surface area contributed by atoms with Crippen molar-refractivity contribution in [3.8, 4) is 0 Å². The molecule has 0 aliphatic heterocycles. The maximum absolute atomic E-state index is 11.6. The topological polar surface area (TPSA) is 161 Å². The summed E-state index contributed by atoms with van der Waals surface area (Å²) in [6.07, 6.45) is -0.587. The number of hydrogen-bond donors (Lipinski definition) is 2. The molecule has 0 heterocycles. The standard InChI is InChI=1S/C11H16O10S2.2Na/c1-9(11(13)21-5-3-7-23(17,18)19)8-10(12)20-4-2-6-22(14,15)16;;/h6-7H,1-5,8H2,(H,14,15,16)(H,17,18,19);;. The average molecular weight is 418 g/mol. The zero-order valence-corrected chi connectivity index (χ0v) is 19.5. The first kappa shape index (κ1) is 25.5. The predicted molar refractivity (Wildman–Crippen MR) is 87.1 cm³/mol. The fraction of sp³-hybridized carbons (Fsp3) is 0.636. The third-order valence-corrected chi connectivity index (χ3v) is 10.4. The SMILES string of the molecule is C=C(CC(=O)OCC[CH]([Na])S(=O)(=O)O)C(=O)OCC[CH]([Na])S(=O)(=O)O. The summed E-state index contributed by atoms with van der Waals surface area (Å²) in [7, 11) is -8.30. The van der Waals surface area contributed by atoms with Gasteiger partial charge in [0.25, 0.3) is 0 Å². The predicted octanol–water partition coefficient (Wildman–Crippen LogP) is -1.44. The van der Waals surface area contributed by atoms with E-state index in [1.807, 2.05) is 0 Å². The molecule has 0 amide bonds. The summed E-state index contributed by atoms with van der Waals surface area (Å²) in [4.78, 5) is 23.1. The van der Waals surface area contributed by atoms with Crippen molar-refractivity contribution in [2.45, 2.75) is 24.3 Å². The van der Waals surface area contributed by atoms with Crippen LogP contribution in [0.2, 0.25) is 0 Å². The van der Waals surface area contributed by atoms with E-state index in [-0.39, 0.29) is 87.5 Å². The van der Waals surface area contributed by atoms with Crippen LogP contribution in [0.3, 0.4) is 0 Å². The van der Waals surface area contributed by atoms with Crippen molar-refractivity contribution >= 4 is 88.0 Å². The minimum absolute atomic E-state index is 0.0505. The van der Waals surface area contributed by atoms with Gasteiger partial charge in [0.2, 0.25) is 0 Å². The van der Waals surface area contributed by atoms with E-state index in [1.165, 1.54) is 0 Å². The van der Waals surface area contributed by atoms with Crippen molar-refractivity contribution in [1.82, 2.24) is 0 Å². The summed E-state index contributed by atoms with van der Waals surface area (Å²) in [5, 5.41) is 0. The van der Waals surface area contributed by atoms with Gasteiger partial charge in [-0.2, -0.15) is 0 Å². The number of rotatable bonds is 11.